The summed E-state index contributed by atoms with van der Waals surface area (Å²) in [5.41, 5.74) is 4.16. The van der Waals surface area contributed by atoms with Crippen molar-refractivity contribution in [3.8, 4) is 17.3 Å². The second-order valence-corrected chi connectivity index (χ2v) is 4.61. The Hall–Kier alpha value is -2.34. The lowest BCUT2D eigenvalue weighted by Gasteiger charge is -2.14. The van der Waals surface area contributed by atoms with E-state index in [1.165, 1.54) is 0 Å². The van der Waals surface area contributed by atoms with Crippen LogP contribution in [0.1, 0.15) is 23.6 Å². The van der Waals surface area contributed by atoms with Crippen molar-refractivity contribution in [2.75, 3.05) is 0 Å². The highest BCUT2D eigenvalue weighted by molar-refractivity contribution is 5.65. The zero-order valence-electron chi connectivity index (χ0n) is 11.4. The lowest BCUT2D eigenvalue weighted by Crippen LogP contribution is -2.23. The summed E-state index contributed by atoms with van der Waals surface area (Å²) in [7, 11) is 0. The molecule has 0 atom stereocenters. The number of benzene rings is 1. The summed E-state index contributed by atoms with van der Waals surface area (Å²) in [5, 5.41) is 8.94. The van der Waals surface area contributed by atoms with Crippen molar-refractivity contribution in [1.29, 1.82) is 5.26 Å². The van der Waals surface area contributed by atoms with Gasteiger partial charge in [-0.05, 0) is 44.5 Å². The Bertz CT molecular complexity index is 721. The Morgan fingerprint density at radius 1 is 1.21 bits per heavy atom. The van der Waals surface area contributed by atoms with Gasteiger partial charge in [0, 0.05) is 12.1 Å². The maximum atomic E-state index is 12.2. The van der Waals surface area contributed by atoms with E-state index in [4.69, 9.17) is 5.26 Å². The molecule has 2 aromatic rings. The summed E-state index contributed by atoms with van der Waals surface area (Å²) in [6.45, 7) is 6.52. The molecular weight excluding hydrogens is 236 g/mol. The van der Waals surface area contributed by atoms with Crippen LogP contribution in [0, 0.1) is 25.2 Å². The molecule has 1 heterocycles. The Kier molecular flexibility index (Phi) is 3.52. The Morgan fingerprint density at radius 3 is 2.58 bits per heavy atom. The number of hydrogen-bond acceptors (Lipinski definition) is 2. The van der Waals surface area contributed by atoms with Gasteiger partial charge in [-0.25, -0.2) is 0 Å². The molecule has 0 aliphatic heterocycles. The third-order valence-corrected chi connectivity index (χ3v) is 3.28. The Balaban J connectivity index is 2.77. The molecule has 0 bridgehead atoms. The standard InChI is InChI=1S/C16H16N2O/c1-4-18-15(8-7-13(10-17)16(18)19)14-9-11(2)5-6-12(14)3/h5-9H,4H2,1-3H3. The van der Waals surface area contributed by atoms with E-state index in [9.17, 15) is 4.79 Å². The third-order valence-electron chi connectivity index (χ3n) is 3.28. The minimum atomic E-state index is -0.219. The first kappa shape index (κ1) is 13.1. The van der Waals surface area contributed by atoms with Gasteiger partial charge in [-0.15, -0.1) is 0 Å². The molecule has 0 aliphatic rings. The second-order valence-electron chi connectivity index (χ2n) is 4.61. The summed E-state index contributed by atoms with van der Waals surface area (Å²) in [5.74, 6) is 0. The van der Waals surface area contributed by atoms with Crippen molar-refractivity contribution >= 4 is 0 Å². The van der Waals surface area contributed by atoms with Gasteiger partial charge in [-0.2, -0.15) is 5.26 Å². The lowest BCUT2D eigenvalue weighted by molar-refractivity contribution is 0.733. The average Bonchev–Trinajstić information content (AvgIpc) is 2.41. The smallest absolute Gasteiger partial charge is 0.268 e. The fraction of sp³-hybridized carbons (Fsp3) is 0.250. The van der Waals surface area contributed by atoms with Crippen LogP contribution in [0.5, 0.6) is 0 Å². The van der Waals surface area contributed by atoms with E-state index in [2.05, 4.69) is 12.1 Å². The molecule has 0 radical (unpaired) electrons. The molecule has 0 amide bonds. The molecule has 0 saturated carbocycles. The molecule has 1 aromatic heterocycles. The minimum Gasteiger partial charge on any atom is -0.307 e. The number of pyridine rings is 1. The molecule has 0 aliphatic carbocycles. The predicted molar refractivity (Wildman–Crippen MR) is 76.0 cm³/mol. The third kappa shape index (κ3) is 2.30. The van der Waals surface area contributed by atoms with E-state index in [-0.39, 0.29) is 11.1 Å². The fourth-order valence-electron chi connectivity index (χ4n) is 2.22. The van der Waals surface area contributed by atoms with Gasteiger partial charge in [0.1, 0.15) is 11.6 Å². The zero-order valence-corrected chi connectivity index (χ0v) is 11.4. The van der Waals surface area contributed by atoms with Crippen LogP contribution in [0.2, 0.25) is 0 Å². The number of hydrogen-bond donors (Lipinski definition) is 0. The van der Waals surface area contributed by atoms with Crippen LogP contribution >= 0.6 is 0 Å². The fourth-order valence-corrected chi connectivity index (χ4v) is 2.22. The number of nitriles is 1. The minimum absolute atomic E-state index is 0.191. The molecule has 0 unspecified atom stereocenters. The van der Waals surface area contributed by atoms with Gasteiger partial charge in [-0.1, -0.05) is 17.7 Å². The van der Waals surface area contributed by atoms with Crippen molar-refractivity contribution < 1.29 is 0 Å². The first-order chi connectivity index (χ1) is 9.08. The first-order valence-corrected chi connectivity index (χ1v) is 6.30. The van der Waals surface area contributed by atoms with Crippen LogP contribution in [0.25, 0.3) is 11.3 Å². The number of aryl methyl sites for hydroxylation is 2. The predicted octanol–water partition coefficient (Wildman–Crippen LogP) is 3.02. The molecule has 3 nitrogen and oxygen atoms in total. The quantitative estimate of drug-likeness (QED) is 0.824. The molecular formula is C16H16N2O. The van der Waals surface area contributed by atoms with Crippen molar-refractivity contribution in [1.82, 2.24) is 4.57 Å². The van der Waals surface area contributed by atoms with E-state index in [1.54, 1.807) is 10.6 Å². The SMILES string of the molecule is CCn1c(-c2cc(C)ccc2C)ccc(C#N)c1=O. The van der Waals surface area contributed by atoms with Crippen LogP contribution in [-0.2, 0) is 6.54 Å². The highest BCUT2D eigenvalue weighted by atomic mass is 16.1. The summed E-state index contributed by atoms with van der Waals surface area (Å²) in [4.78, 5) is 12.2. The monoisotopic (exact) mass is 252 g/mol. The summed E-state index contributed by atoms with van der Waals surface area (Å²) < 4.78 is 1.65. The maximum absolute atomic E-state index is 12.2. The Labute approximate surface area is 112 Å². The van der Waals surface area contributed by atoms with Crippen molar-refractivity contribution in [2.45, 2.75) is 27.3 Å². The highest BCUT2D eigenvalue weighted by Crippen LogP contribution is 2.23. The second kappa shape index (κ2) is 5.11. The van der Waals surface area contributed by atoms with Gasteiger partial charge < -0.3 is 4.57 Å². The van der Waals surface area contributed by atoms with Gasteiger partial charge in [0.05, 0.1) is 5.69 Å². The molecule has 0 fully saturated rings. The number of rotatable bonds is 2. The maximum Gasteiger partial charge on any atom is 0.268 e. The average molecular weight is 252 g/mol. The van der Waals surface area contributed by atoms with Gasteiger partial charge in [-0.3, -0.25) is 4.79 Å². The molecule has 0 N–H and O–H groups in total. The van der Waals surface area contributed by atoms with Crippen LogP contribution in [0.4, 0.5) is 0 Å². The lowest BCUT2D eigenvalue weighted by atomic mass is 10.0. The molecule has 2 rings (SSSR count). The zero-order chi connectivity index (χ0) is 14.0. The highest BCUT2D eigenvalue weighted by Gasteiger charge is 2.10. The first-order valence-electron chi connectivity index (χ1n) is 6.30. The van der Waals surface area contributed by atoms with E-state index in [1.807, 2.05) is 39.0 Å². The van der Waals surface area contributed by atoms with Crippen LogP contribution in [0.15, 0.2) is 35.1 Å². The van der Waals surface area contributed by atoms with E-state index in [0.717, 1.165) is 22.4 Å². The van der Waals surface area contributed by atoms with Gasteiger partial charge >= 0.3 is 0 Å². The normalized spacial score (nSPS) is 10.2. The Morgan fingerprint density at radius 2 is 1.95 bits per heavy atom. The number of nitrogens with zero attached hydrogens (tertiary/aromatic N) is 2. The van der Waals surface area contributed by atoms with Crippen LogP contribution in [-0.4, -0.2) is 4.57 Å². The van der Waals surface area contributed by atoms with Gasteiger partial charge in [0.15, 0.2) is 0 Å². The molecule has 96 valence electrons. The van der Waals surface area contributed by atoms with Crippen molar-refractivity contribution in [3.05, 3.63) is 57.4 Å². The van der Waals surface area contributed by atoms with Gasteiger partial charge in [0.2, 0.25) is 0 Å². The van der Waals surface area contributed by atoms with Crippen molar-refractivity contribution in [3.63, 3.8) is 0 Å². The summed E-state index contributed by atoms with van der Waals surface area (Å²) in [6, 6.07) is 11.6. The van der Waals surface area contributed by atoms with Crippen molar-refractivity contribution in [2.24, 2.45) is 0 Å². The molecule has 0 saturated heterocycles. The summed E-state index contributed by atoms with van der Waals surface area (Å²) in [6.07, 6.45) is 0. The van der Waals surface area contributed by atoms with E-state index in [0.29, 0.717) is 6.54 Å². The van der Waals surface area contributed by atoms with E-state index < -0.39 is 0 Å². The largest absolute Gasteiger partial charge is 0.307 e. The molecule has 1 aromatic carbocycles. The van der Waals surface area contributed by atoms with Crippen LogP contribution < -0.4 is 5.56 Å². The van der Waals surface area contributed by atoms with Crippen LogP contribution in [0.3, 0.4) is 0 Å². The molecule has 0 spiro atoms. The van der Waals surface area contributed by atoms with E-state index >= 15 is 0 Å². The summed E-state index contributed by atoms with van der Waals surface area (Å²) >= 11 is 0. The topological polar surface area (TPSA) is 45.8 Å². The number of aromatic nitrogens is 1. The van der Waals surface area contributed by atoms with Gasteiger partial charge in [0.25, 0.3) is 5.56 Å². The molecule has 3 heteroatoms. The molecule has 19 heavy (non-hydrogen) atoms.